The highest BCUT2D eigenvalue weighted by atomic mass is 16.5. The van der Waals surface area contributed by atoms with Gasteiger partial charge in [0, 0.05) is 12.1 Å². The van der Waals surface area contributed by atoms with Gasteiger partial charge in [-0.05, 0) is 54.8 Å². The second kappa shape index (κ2) is 10.1. The van der Waals surface area contributed by atoms with Crippen LogP contribution in [-0.4, -0.2) is 30.2 Å². The van der Waals surface area contributed by atoms with Crippen molar-refractivity contribution in [3.05, 3.63) is 54.1 Å². The molecule has 0 radical (unpaired) electrons. The standard InChI is InChI=1S/C20H23NO5/c1-2-15-5-9-18(10-6-15)26-14-19(22)21-16-7-11-17(12-8-16)25-13-3-4-20(23)24/h5-12H,2-4,13-14H2,1H3,(H,21,22)(H,23,24). The topological polar surface area (TPSA) is 84.9 Å². The Kier molecular flexibility index (Phi) is 7.49. The number of rotatable bonds is 10. The molecule has 0 spiro atoms. The second-order valence-corrected chi connectivity index (χ2v) is 5.70. The zero-order chi connectivity index (χ0) is 18.8. The van der Waals surface area contributed by atoms with Gasteiger partial charge in [-0.25, -0.2) is 0 Å². The number of carbonyl (C=O) groups is 2. The van der Waals surface area contributed by atoms with Crippen molar-refractivity contribution >= 4 is 17.6 Å². The van der Waals surface area contributed by atoms with Crippen molar-refractivity contribution in [3.8, 4) is 11.5 Å². The van der Waals surface area contributed by atoms with E-state index in [1.54, 1.807) is 24.3 Å². The van der Waals surface area contributed by atoms with Gasteiger partial charge in [0.05, 0.1) is 6.61 Å². The van der Waals surface area contributed by atoms with Gasteiger partial charge in [0.2, 0.25) is 0 Å². The van der Waals surface area contributed by atoms with Crippen LogP contribution in [0, 0.1) is 0 Å². The summed E-state index contributed by atoms with van der Waals surface area (Å²) in [6.45, 7) is 2.34. The molecule has 0 unspecified atom stereocenters. The normalized spacial score (nSPS) is 10.2. The Hall–Kier alpha value is -3.02. The minimum absolute atomic E-state index is 0.0705. The first-order chi connectivity index (χ1) is 12.6. The van der Waals surface area contributed by atoms with E-state index in [0.29, 0.717) is 30.2 Å². The Morgan fingerprint density at radius 3 is 2.19 bits per heavy atom. The number of benzene rings is 2. The molecule has 2 aromatic carbocycles. The molecule has 26 heavy (non-hydrogen) atoms. The van der Waals surface area contributed by atoms with Crippen LogP contribution in [0.4, 0.5) is 5.69 Å². The SMILES string of the molecule is CCc1ccc(OCC(=O)Nc2ccc(OCCCC(=O)O)cc2)cc1. The predicted octanol–water partition coefficient (Wildman–Crippen LogP) is 3.51. The van der Waals surface area contributed by atoms with Gasteiger partial charge < -0.3 is 19.9 Å². The molecule has 0 heterocycles. The van der Waals surface area contributed by atoms with Gasteiger partial charge >= 0.3 is 5.97 Å². The van der Waals surface area contributed by atoms with Crippen LogP contribution in [0.15, 0.2) is 48.5 Å². The number of anilines is 1. The van der Waals surface area contributed by atoms with Crippen LogP contribution in [0.25, 0.3) is 0 Å². The fraction of sp³-hybridized carbons (Fsp3) is 0.300. The first-order valence-electron chi connectivity index (χ1n) is 8.53. The van der Waals surface area contributed by atoms with Gasteiger partial charge in [-0.3, -0.25) is 9.59 Å². The number of hydrogen-bond acceptors (Lipinski definition) is 4. The van der Waals surface area contributed by atoms with Gasteiger partial charge in [0.15, 0.2) is 6.61 Å². The molecule has 0 aliphatic rings. The molecule has 2 N–H and O–H groups in total. The van der Waals surface area contributed by atoms with E-state index in [1.165, 1.54) is 5.56 Å². The summed E-state index contributed by atoms with van der Waals surface area (Å²) in [5.74, 6) is 0.193. The van der Waals surface area contributed by atoms with Crippen molar-refractivity contribution in [2.24, 2.45) is 0 Å². The van der Waals surface area contributed by atoms with Crippen LogP contribution in [0.5, 0.6) is 11.5 Å². The van der Waals surface area contributed by atoms with E-state index in [1.807, 2.05) is 24.3 Å². The number of hydrogen-bond donors (Lipinski definition) is 2. The third-order valence-electron chi connectivity index (χ3n) is 3.64. The lowest BCUT2D eigenvalue weighted by Crippen LogP contribution is -2.20. The average molecular weight is 357 g/mol. The molecule has 0 saturated heterocycles. The van der Waals surface area contributed by atoms with E-state index in [-0.39, 0.29) is 18.9 Å². The molecule has 6 nitrogen and oxygen atoms in total. The minimum Gasteiger partial charge on any atom is -0.494 e. The van der Waals surface area contributed by atoms with Crippen LogP contribution in [-0.2, 0) is 16.0 Å². The summed E-state index contributed by atoms with van der Waals surface area (Å²) in [5.41, 5.74) is 1.85. The Morgan fingerprint density at radius 2 is 1.58 bits per heavy atom. The number of aryl methyl sites for hydroxylation is 1. The third-order valence-corrected chi connectivity index (χ3v) is 3.64. The maximum absolute atomic E-state index is 11.9. The molecule has 0 aromatic heterocycles. The molecule has 1 amide bonds. The Balaban J connectivity index is 1.73. The van der Waals surface area contributed by atoms with Crippen LogP contribution in [0.1, 0.15) is 25.3 Å². The highest BCUT2D eigenvalue weighted by Crippen LogP contribution is 2.16. The van der Waals surface area contributed by atoms with Crippen molar-refractivity contribution in [2.45, 2.75) is 26.2 Å². The number of carbonyl (C=O) groups excluding carboxylic acids is 1. The van der Waals surface area contributed by atoms with Crippen LogP contribution >= 0.6 is 0 Å². The highest BCUT2D eigenvalue weighted by Gasteiger charge is 2.05. The van der Waals surface area contributed by atoms with Crippen molar-refractivity contribution < 1.29 is 24.2 Å². The molecule has 0 fully saturated rings. The molecule has 138 valence electrons. The van der Waals surface area contributed by atoms with Gasteiger partial charge in [-0.15, -0.1) is 0 Å². The molecule has 0 bridgehead atoms. The molecule has 2 aromatic rings. The summed E-state index contributed by atoms with van der Waals surface area (Å²) in [7, 11) is 0. The zero-order valence-electron chi connectivity index (χ0n) is 14.7. The summed E-state index contributed by atoms with van der Waals surface area (Å²) in [6, 6.07) is 14.5. The van der Waals surface area contributed by atoms with E-state index in [2.05, 4.69) is 12.2 Å². The molecule has 0 aliphatic carbocycles. The minimum atomic E-state index is -0.838. The van der Waals surface area contributed by atoms with Crippen molar-refractivity contribution in [2.75, 3.05) is 18.5 Å². The molecular weight excluding hydrogens is 334 g/mol. The molecular formula is C20H23NO5. The fourth-order valence-electron chi connectivity index (χ4n) is 2.22. The number of carboxylic acid groups (broad SMARTS) is 1. The summed E-state index contributed by atoms with van der Waals surface area (Å²) >= 11 is 0. The molecule has 0 aliphatic heterocycles. The number of ether oxygens (including phenoxy) is 2. The first kappa shape index (κ1) is 19.3. The van der Waals surface area contributed by atoms with Crippen LogP contribution in [0.3, 0.4) is 0 Å². The Labute approximate surface area is 152 Å². The van der Waals surface area contributed by atoms with Gasteiger partial charge in [0.25, 0.3) is 5.91 Å². The zero-order valence-corrected chi connectivity index (χ0v) is 14.7. The molecule has 0 atom stereocenters. The largest absolute Gasteiger partial charge is 0.494 e. The molecule has 2 rings (SSSR count). The maximum atomic E-state index is 11.9. The molecule has 0 saturated carbocycles. The summed E-state index contributed by atoms with van der Waals surface area (Å²) in [5, 5.41) is 11.3. The average Bonchev–Trinajstić information content (AvgIpc) is 2.65. The lowest BCUT2D eigenvalue weighted by atomic mass is 10.2. The Bertz CT molecular complexity index is 710. The van der Waals surface area contributed by atoms with E-state index < -0.39 is 5.97 Å². The summed E-state index contributed by atoms with van der Waals surface area (Å²) in [6.07, 6.45) is 1.49. The number of carboxylic acids is 1. The summed E-state index contributed by atoms with van der Waals surface area (Å²) in [4.78, 5) is 22.4. The summed E-state index contributed by atoms with van der Waals surface area (Å²) < 4.78 is 10.9. The van der Waals surface area contributed by atoms with Gasteiger partial charge in [-0.1, -0.05) is 19.1 Å². The lowest BCUT2D eigenvalue weighted by molar-refractivity contribution is -0.137. The van der Waals surface area contributed by atoms with Crippen LogP contribution < -0.4 is 14.8 Å². The monoisotopic (exact) mass is 357 g/mol. The maximum Gasteiger partial charge on any atom is 0.303 e. The van der Waals surface area contributed by atoms with E-state index >= 15 is 0 Å². The van der Waals surface area contributed by atoms with E-state index in [4.69, 9.17) is 14.6 Å². The van der Waals surface area contributed by atoms with Crippen LogP contribution in [0.2, 0.25) is 0 Å². The molecule has 6 heteroatoms. The highest BCUT2D eigenvalue weighted by molar-refractivity contribution is 5.91. The number of nitrogens with one attached hydrogen (secondary N) is 1. The Morgan fingerprint density at radius 1 is 0.962 bits per heavy atom. The van der Waals surface area contributed by atoms with Gasteiger partial charge in [-0.2, -0.15) is 0 Å². The van der Waals surface area contributed by atoms with Gasteiger partial charge in [0.1, 0.15) is 11.5 Å². The van der Waals surface area contributed by atoms with E-state index in [0.717, 1.165) is 6.42 Å². The van der Waals surface area contributed by atoms with Crippen molar-refractivity contribution in [1.29, 1.82) is 0 Å². The third kappa shape index (κ3) is 6.84. The second-order valence-electron chi connectivity index (χ2n) is 5.70. The van der Waals surface area contributed by atoms with Crippen molar-refractivity contribution in [1.82, 2.24) is 0 Å². The first-order valence-corrected chi connectivity index (χ1v) is 8.53. The van der Waals surface area contributed by atoms with E-state index in [9.17, 15) is 9.59 Å². The number of amides is 1. The fourth-order valence-corrected chi connectivity index (χ4v) is 2.22. The smallest absolute Gasteiger partial charge is 0.303 e. The number of aliphatic carboxylic acids is 1. The lowest BCUT2D eigenvalue weighted by Gasteiger charge is -2.09. The predicted molar refractivity (Wildman–Crippen MR) is 98.8 cm³/mol. The van der Waals surface area contributed by atoms with Crippen molar-refractivity contribution in [3.63, 3.8) is 0 Å². The quantitative estimate of drug-likeness (QED) is 0.636.